The molecular weight excluding hydrogens is 188 g/mol. The van der Waals surface area contributed by atoms with Crippen molar-refractivity contribution in [2.75, 3.05) is 7.05 Å². The zero-order chi connectivity index (χ0) is 10.8. The fraction of sp³-hybridized carbons (Fsp3) is 0.667. The molecule has 1 fully saturated rings. The molecule has 2 unspecified atom stereocenters. The van der Waals surface area contributed by atoms with Gasteiger partial charge in [0.1, 0.15) is 5.76 Å². The van der Waals surface area contributed by atoms with Gasteiger partial charge in [-0.1, -0.05) is 0 Å². The number of rotatable bonds is 3. The van der Waals surface area contributed by atoms with E-state index in [0.717, 1.165) is 18.7 Å². The molecular formula is C12H20N2O. The maximum atomic E-state index is 5.92. The summed E-state index contributed by atoms with van der Waals surface area (Å²) in [5, 5.41) is 0. The van der Waals surface area contributed by atoms with Crippen molar-refractivity contribution >= 4 is 0 Å². The second-order valence-electron chi connectivity index (χ2n) is 4.64. The fourth-order valence-corrected chi connectivity index (χ4v) is 2.37. The molecule has 0 aromatic carbocycles. The number of hydrogen-bond acceptors (Lipinski definition) is 3. The molecule has 3 heteroatoms. The molecule has 1 aliphatic rings. The number of nitrogens with two attached hydrogens (primary N) is 1. The van der Waals surface area contributed by atoms with Gasteiger partial charge in [0.15, 0.2) is 0 Å². The lowest BCUT2D eigenvalue weighted by molar-refractivity contribution is 0.234. The average molecular weight is 208 g/mol. The maximum Gasteiger partial charge on any atom is 0.105 e. The molecule has 1 aromatic heterocycles. The van der Waals surface area contributed by atoms with Crippen LogP contribution < -0.4 is 5.73 Å². The molecule has 1 saturated carbocycles. The van der Waals surface area contributed by atoms with Crippen LogP contribution in [-0.4, -0.2) is 24.0 Å². The van der Waals surface area contributed by atoms with E-state index in [1.54, 1.807) is 6.26 Å². The van der Waals surface area contributed by atoms with Gasteiger partial charge in [0.25, 0.3) is 0 Å². The van der Waals surface area contributed by atoms with E-state index in [-0.39, 0.29) is 0 Å². The lowest BCUT2D eigenvalue weighted by Crippen LogP contribution is -2.30. The summed E-state index contributed by atoms with van der Waals surface area (Å²) < 4.78 is 5.30. The standard InChI is InChI=1S/C12H20N2O/c1-9-10(5-6-15-9)8-14(2)12-4-3-11(13)7-12/h5-6,11-12H,3-4,7-8,13H2,1-2H3. The smallest absolute Gasteiger partial charge is 0.105 e. The Labute approximate surface area is 91.2 Å². The van der Waals surface area contributed by atoms with E-state index in [9.17, 15) is 0 Å². The van der Waals surface area contributed by atoms with Gasteiger partial charge in [-0.15, -0.1) is 0 Å². The van der Waals surface area contributed by atoms with Crippen molar-refractivity contribution in [2.24, 2.45) is 5.73 Å². The van der Waals surface area contributed by atoms with Gasteiger partial charge in [-0.25, -0.2) is 0 Å². The zero-order valence-corrected chi connectivity index (χ0v) is 9.57. The van der Waals surface area contributed by atoms with Gasteiger partial charge < -0.3 is 10.2 Å². The van der Waals surface area contributed by atoms with E-state index in [0.29, 0.717) is 12.1 Å². The Morgan fingerprint density at radius 2 is 2.33 bits per heavy atom. The molecule has 1 aromatic rings. The van der Waals surface area contributed by atoms with Crippen molar-refractivity contribution in [3.63, 3.8) is 0 Å². The summed E-state index contributed by atoms with van der Waals surface area (Å²) in [5.41, 5.74) is 7.21. The minimum Gasteiger partial charge on any atom is -0.469 e. The van der Waals surface area contributed by atoms with Gasteiger partial charge in [-0.2, -0.15) is 0 Å². The molecule has 2 rings (SSSR count). The highest BCUT2D eigenvalue weighted by molar-refractivity contribution is 5.15. The molecule has 1 heterocycles. The fourth-order valence-electron chi connectivity index (χ4n) is 2.37. The van der Waals surface area contributed by atoms with Gasteiger partial charge in [0, 0.05) is 24.2 Å². The Kier molecular flexibility index (Phi) is 3.12. The van der Waals surface area contributed by atoms with Crippen LogP contribution in [0.1, 0.15) is 30.6 Å². The van der Waals surface area contributed by atoms with Crippen LogP contribution in [0.15, 0.2) is 16.7 Å². The summed E-state index contributed by atoms with van der Waals surface area (Å²) in [6.07, 6.45) is 5.29. The van der Waals surface area contributed by atoms with Crippen LogP contribution in [0.5, 0.6) is 0 Å². The highest BCUT2D eigenvalue weighted by atomic mass is 16.3. The molecule has 1 aliphatic carbocycles. The molecule has 0 amide bonds. The van der Waals surface area contributed by atoms with Crippen LogP contribution in [0.25, 0.3) is 0 Å². The van der Waals surface area contributed by atoms with Gasteiger partial charge in [-0.05, 0) is 39.3 Å². The Balaban J connectivity index is 1.92. The normalized spacial score (nSPS) is 26.4. The SMILES string of the molecule is Cc1occc1CN(C)C1CCC(N)C1. The molecule has 0 radical (unpaired) electrons. The lowest BCUT2D eigenvalue weighted by Gasteiger charge is -2.23. The van der Waals surface area contributed by atoms with E-state index in [1.807, 2.05) is 6.92 Å². The van der Waals surface area contributed by atoms with E-state index < -0.39 is 0 Å². The van der Waals surface area contributed by atoms with Gasteiger partial charge >= 0.3 is 0 Å². The van der Waals surface area contributed by atoms with E-state index in [4.69, 9.17) is 10.2 Å². The maximum absolute atomic E-state index is 5.92. The first kappa shape index (κ1) is 10.7. The molecule has 3 nitrogen and oxygen atoms in total. The largest absolute Gasteiger partial charge is 0.469 e. The minimum absolute atomic E-state index is 0.405. The Morgan fingerprint density at radius 3 is 2.87 bits per heavy atom. The van der Waals surface area contributed by atoms with Crippen LogP contribution in [0, 0.1) is 6.92 Å². The highest BCUT2D eigenvalue weighted by Crippen LogP contribution is 2.23. The topological polar surface area (TPSA) is 42.4 Å². The molecule has 0 spiro atoms. The van der Waals surface area contributed by atoms with Gasteiger partial charge in [-0.3, -0.25) is 4.90 Å². The Morgan fingerprint density at radius 1 is 1.53 bits per heavy atom. The van der Waals surface area contributed by atoms with Crippen LogP contribution in [0.4, 0.5) is 0 Å². The predicted octanol–water partition coefficient (Wildman–Crippen LogP) is 1.90. The molecule has 84 valence electrons. The summed E-state index contributed by atoms with van der Waals surface area (Å²) in [6.45, 7) is 2.99. The van der Waals surface area contributed by atoms with Crippen molar-refractivity contribution in [2.45, 2.75) is 44.8 Å². The van der Waals surface area contributed by atoms with Crippen molar-refractivity contribution in [1.82, 2.24) is 4.90 Å². The van der Waals surface area contributed by atoms with E-state index in [2.05, 4.69) is 18.0 Å². The monoisotopic (exact) mass is 208 g/mol. The Bertz CT molecular complexity index is 321. The summed E-state index contributed by atoms with van der Waals surface area (Å²) >= 11 is 0. The first-order valence-electron chi connectivity index (χ1n) is 5.65. The van der Waals surface area contributed by atoms with Crippen molar-refractivity contribution < 1.29 is 4.42 Å². The quantitative estimate of drug-likeness (QED) is 0.825. The van der Waals surface area contributed by atoms with Crippen LogP contribution in [0.2, 0.25) is 0 Å². The summed E-state index contributed by atoms with van der Waals surface area (Å²) in [4.78, 5) is 2.39. The number of furan rings is 1. The second-order valence-corrected chi connectivity index (χ2v) is 4.64. The third kappa shape index (κ3) is 2.41. The van der Waals surface area contributed by atoms with E-state index >= 15 is 0 Å². The number of hydrogen-bond donors (Lipinski definition) is 1. The first-order valence-corrected chi connectivity index (χ1v) is 5.65. The molecule has 2 N–H and O–H groups in total. The van der Waals surface area contributed by atoms with E-state index in [1.165, 1.54) is 18.4 Å². The van der Waals surface area contributed by atoms with Crippen molar-refractivity contribution in [3.8, 4) is 0 Å². The molecule has 15 heavy (non-hydrogen) atoms. The van der Waals surface area contributed by atoms with Crippen LogP contribution in [-0.2, 0) is 6.54 Å². The van der Waals surface area contributed by atoms with Gasteiger partial charge in [0.2, 0.25) is 0 Å². The van der Waals surface area contributed by atoms with Gasteiger partial charge in [0.05, 0.1) is 6.26 Å². The van der Waals surface area contributed by atoms with Crippen molar-refractivity contribution in [3.05, 3.63) is 23.7 Å². The molecule has 2 atom stereocenters. The summed E-state index contributed by atoms with van der Waals surface area (Å²) in [6, 6.07) is 3.11. The predicted molar refractivity (Wildman–Crippen MR) is 60.5 cm³/mol. The third-order valence-corrected chi connectivity index (χ3v) is 3.45. The Hall–Kier alpha value is -0.800. The summed E-state index contributed by atoms with van der Waals surface area (Å²) in [7, 11) is 2.18. The van der Waals surface area contributed by atoms with Crippen molar-refractivity contribution in [1.29, 1.82) is 0 Å². The first-order chi connectivity index (χ1) is 7.16. The average Bonchev–Trinajstić information content (AvgIpc) is 2.77. The highest BCUT2D eigenvalue weighted by Gasteiger charge is 2.25. The lowest BCUT2D eigenvalue weighted by atomic mass is 10.2. The number of aryl methyl sites for hydroxylation is 1. The van der Waals surface area contributed by atoms with Crippen LogP contribution in [0.3, 0.4) is 0 Å². The molecule has 0 bridgehead atoms. The summed E-state index contributed by atoms with van der Waals surface area (Å²) in [5.74, 6) is 1.03. The number of nitrogens with zero attached hydrogens (tertiary/aromatic N) is 1. The zero-order valence-electron chi connectivity index (χ0n) is 9.57. The molecule has 0 aliphatic heterocycles. The second kappa shape index (κ2) is 4.37. The van der Waals surface area contributed by atoms with Crippen LogP contribution >= 0.6 is 0 Å². The third-order valence-electron chi connectivity index (χ3n) is 3.45. The molecule has 0 saturated heterocycles. The minimum atomic E-state index is 0.405.